The zero-order valence-electron chi connectivity index (χ0n) is 13.4. The molecule has 0 N–H and O–H groups in total. The van der Waals surface area contributed by atoms with Crippen LogP contribution >= 0.6 is 0 Å². The van der Waals surface area contributed by atoms with E-state index in [0.29, 0.717) is 6.42 Å². The molecule has 1 rings (SSSR count). The summed E-state index contributed by atoms with van der Waals surface area (Å²) in [6.45, 7) is 2.26. The van der Waals surface area contributed by atoms with Gasteiger partial charge in [0.1, 0.15) is 6.29 Å². The molecule has 1 nitrogen and oxygen atoms in total. The van der Waals surface area contributed by atoms with Crippen LogP contribution in [-0.2, 0) is 6.42 Å². The first kappa shape index (κ1) is 17.5. The first-order chi connectivity index (χ1) is 10.4. The second-order valence-corrected chi connectivity index (χ2v) is 5.57. The summed E-state index contributed by atoms with van der Waals surface area (Å²) in [7, 11) is 0. The van der Waals surface area contributed by atoms with Crippen molar-refractivity contribution in [3.63, 3.8) is 0 Å². The summed E-state index contributed by atoms with van der Waals surface area (Å²) in [6, 6.07) is 7.68. The molecule has 0 amide bonds. The van der Waals surface area contributed by atoms with Gasteiger partial charge in [0.25, 0.3) is 0 Å². The Morgan fingerprint density at radius 3 is 2.29 bits per heavy atom. The third kappa shape index (κ3) is 8.35. The lowest BCUT2D eigenvalue weighted by Crippen LogP contribution is -1.90. The van der Waals surface area contributed by atoms with E-state index in [1.165, 1.54) is 51.4 Å². The van der Waals surface area contributed by atoms with Crippen LogP contribution in [0.25, 0.3) is 0 Å². The highest BCUT2D eigenvalue weighted by atomic mass is 16.1. The van der Waals surface area contributed by atoms with Gasteiger partial charge in [-0.1, -0.05) is 82.1 Å². The Morgan fingerprint density at radius 2 is 1.57 bits per heavy atom. The van der Waals surface area contributed by atoms with E-state index >= 15 is 0 Å². The Hall–Kier alpha value is -1.55. The SMILES string of the molecule is CCCCCCCCCCC#CCc1ccccc1C=O. The summed E-state index contributed by atoms with van der Waals surface area (Å²) in [5.41, 5.74) is 1.80. The Balaban J connectivity index is 2.07. The maximum absolute atomic E-state index is 10.9. The molecule has 1 aromatic carbocycles. The van der Waals surface area contributed by atoms with Crippen molar-refractivity contribution in [3.05, 3.63) is 35.4 Å². The van der Waals surface area contributed by atoms with Crippen molar-refractivity contribution < 1.29 is 4.79 Å². The number of hydrogen-bond acceptors (Lipinski definition) is 1. The van der Waals surface area contributed by atoms with E-state index in [1.54, 1.807) is 0 Å². The van der Waals surface area contributed by atoms with Gasteiger partial charge in [-0.25, -0.2) is 0 Å². The van der Waals surface area contributed by atoms with E-state index in [1.807, 2.05) is 24.3 Å². The van der Waals surface area contributed by atoms with E-state index in [9.17, 15) is 4.79 Å². The van der Waals surface area contributed by atoms with Gasteiger partial charge in [-0.2, -0.15) is 0 Å². The molecule has 1 heteroatoms. The third-order valence-electron chi connectivity index (χ3n) is 3.74. The van der Waals surface area contributed by atoms with Gasteiger partial charge in [0, 0.05) is 18.4 Å². The molecule has 0 radical (unpaired) electrons. The van der Waals surface area contributed by atoms with Gasteiger partial charge in [-0.05, 0) is 12.0 Å². The van der Waals surface area contributed by atoms with Crippen LogP contribution in [0.2, 0.25) is 0 Å². The Kier molecular flexibility index (Phi) is 10.2. The lowest BCUT2D eigenvalue weighted by atomic mass is 10.1. The fourth-order valence-corrected chi connectivity index (χ4v) is 2.40. The molecule has 114 valence electrons. The topological polar surface area (TPSA) is 17.1 Å². The van der Waals surface area contributed by atoms with Crippen LogP contribution in [0.4, 0.5) is 0 Å². The highest BCUT2D eigenvalue weighted by Gasteiger charge is 1.97. The Bertz CT molecular complexity index is 450. The molecule has 0 atom stereocenters. The summed E-state index contributed by atoms with van der Waals surface area (Å²) in [6.07, 6.45) is 13.3. The second kappa shape index (κ2) is 12.2. The van der Waals surface area contributed by atoms with E-state index < -0.39 is 0 Å². The molecular weight excluding hydrogens is 256 g/mol. The normalized spacial score (nSPS) is 9.95. The first-order valence-corrected chi connectivity index (χ1v) is 8.37. The number of hydrogen-bond donors (Lipinski definition) is 0. The molecule has 1 aromatic rings. The van der Waals surface area contributed by atoms with Gasteiger partial charge in [0.2, 0.25) is 0 Å². The Morgan fingerprint density at radius 1 is 0.905 bits per heavy atom. The molecule has 0 saturated heterocycles. The number of benzene rings is 1. The van der Waals surface area contributed by atoms with Crippen molar-refractivity contribution in [2.24, 2.45) is 0 Å². The van der Waals surface area contributed by atoms with Crippen molar-refractivity contribution in [2.45, 2.75) is 71.1 Å². The smallest absolute Gasteiger partial charge is 0.150 e. The first-order valence-electron chi connectivity index (χ1n) is 8.37. The molecule has 0 spiro atoms. The highest BCUT2D eigenvalue weighted by Crippen LogP contribution is 2.09. The predicted molar refractivity (Wildman–Crippen MR) is 90.5 cm³/mol. The van der Waals surface area contributed by atoms with Crippen molar-refractivity contribution in [1.29, 1.82) is 0 Å². The molecule has 0 heterocycles. The molecular formula is C20H28O. The minimum atomic E-state index is 0.686. The van der Waals surface area contributed by atoms with Crippen molar-refractivity contribution in [1.82, 2.24) is 0 Å². The molecule has 0 aliphatic rings. The largest absolute Gasteiger partial charge is 0.298 e. The summed E-state index contributed by atoms with van der Waals surface area (Å²) < 4.78 is 0. The van der Waals surface area contributed by atoms with Gasteiger partial charge in [0.15, 0.2) is 0 Å². The Labute approximate surface area is 130 Å². The number of unbranched alkanes of at least 4 members (excludes halogenated alkanes) is 8. The predicted octanol–water partition coefficient (Wildman–Crippen LogP) is 5.58. The van der Waals surface area contributed by atoms with Crippen LogP contribution in [0.1, 0.15) is 80.6 Å². The summed E-state index contributed by atoms with van der Waals surface area (Å²) in [4.78, 5) is 10.9. The summed E-state index contributed by atoms with van der Waals surface area (Å²) >= 11 is 0. The molecule has 0 aliphatic carbocycles. The maximum atomic E-state index is 10.9. The number of carbonyl (C=O) groups excluding carboxylic acids is 1. The highest BCUT2D eigenvalue weighted by molar-refractivity contribution is 5.77. The minimum Gasteiger partial charge on any atom is -0.298 e. The van der Waals surface area contributed by atoms with Crippen molar-refractivity contribution in [2.75, 3.05) is 0 Å². The zero-order chi connectivity index (χ0) is 15.2. The standard InChI is InChI=1S/C20H28O/c1-2-3-4-5-6-7-8-9-10-11-12-15-19-16-13-14-17-20(19)18-21/h13-14,16-18H,2-10,15H2,1H3. The maximum Gasteiger partial charge on any atom is 0.150 e. The summed E-state index contributed by atoms with van der Waals surface area (Å²) in [5.74, 6) is 6.42. The zero-order valence-corrected chi connectivity index (χ0v) is 13.4. The van der Waals surface area contributed by atoms with E-state index in [4.69, 9.17) is 0 Å². The van der Waals surface area contributed by atoms with Crippen LogP contribution in [0, 0.1) is 11.8 Å². The molecule has 0 aromatic heterocycles. The minimum absolute atomic E-state index is 0.686. The summed E-state index contributed by atoms with van der Waals surface area (Å²) in [5, 5.41) is 0. The van der Waals surface area contributed by atoms with E-state index in [0.717, 1.165) is 23.8 Å². The fraction of sp³-hybridized carbons (Fsp3) is 0.550. The van der Waals surface area contributed by atoms with Gasteiger partial charge in [-0.15, -0.1) is 5.92 Å². The molecule has 0 saturated carbocycles. The van der Waals surface area contributed by atoms with Crippen LogP contribution in [0.3, 0.4) is 0 Å². The van der Waals surface area contributed by atoms with Crippen LogP contribution in [-0.4, -0.2) is 6.29 Å². The molecule has 0 aliphatic heterocycles. The molecule has 0 fully saturated rings. The lowest BCUT2D eigenvalue weighted by molar-refractivity contribution is 0.112. The van der Waals surface area contributed by atoms with E-state index in [2.05, 4.69) is 18.8 Å². The quantitative estimate of drug-likeness (QED) is 0.311. The second-order valence-electron chi connectivity index (χ2n) is 5.57. The molecule has 0 unspecified atom stereocenters. The van der Waals surface area contributed by atoms with Crippen LogP contribution < -0.4 is 0 Å². The number of carbonyl (C=O) groups is 1. The fourth-order valence-electron chi connectivity index (χ4n) is 2.40. The lowest BCUT2D eigenvalue weighted by Gasteiger charge is -1.99. The van der Waals surface area contributed by atoms with Crippen molar-refractivity contribution in [3.8, 4) is 11.8 Å². The molecule has 0 bridgehead atoms. The number of rotatable bonds is 10. The molecule has 21 heavy (non-hydrogen) atoms. The van der Waals surface area contributed by atoms with Crippen LogP contribution in [0.15, 0.2) is 24.3 Å². The van der Waals surface area contributed by atoms with Gasteiger partial charge >= 0.3 is 0 Å². The average Bonchev–Trinajstić information content (AvgIpc) is 2.53. The average molecular weight is 284 g/mol. The number of aldehydes is 1. The van der Waals surface area contributed by atoms with Gasteiger partial charge in [-0.3, -0.25) is 4.79 Å². The monoisotopic (exact) mass is 284 g/mol. The van der Waals surface area contributed by atoms with E-state index in [-0.39, 0.29) is 0 Å². The van der Waals surface area contributed by atoms with Gasteiger partial charge in [0.05, 0.1) is 0 Å². The van der Waals surface area contributed by atoms with Crippen LogP contribution in [0.5, 0.6) is 0 Å². The van der Waals surface area contributed by atoms with Gasteiger partial charge < -0.3 is 0 Å². The third-order valence-corrected chi connectivity index (χ3v) is 3.74. The van der Waals surface area contributed by atoms with Crippen molar-refractivity contribution >= 4 is 6.29 Å².